The van der Waals surface area contributed by atoms with Crippen molar-refractivity contribution in [1.29, 1.82) is 0 Å². The van der Waals surface area contributed by atoms with Crippen molar-refractivity contribution in [2.24, 2.45) is 0 Å². The highest BCUT2D eigenvalue weighted by Gasteiger charge is 2.18. The fourth-order valence-electron chi connectivity index (χ4n) is 5.21. The van der Waals surface area contributed by atoms with Crippen LogP contribution in [0.3, 0.4) is 0 Å². The number of hydrogen-bond donors (Lipinski definition) is 0. The second-order valence-corrected chi connectivity index (χ2v) is 8.79. The summed E-state index contributed by atoms with van der Waals surface area (Å²) in [6.07, 6.45) is 0. The molecule has 0 saturated heterocycles. The molecule has 0 unspecified atom stereocenters. The van der Waals surface area contributed by atoms with Crippen LogP contribution in [0.5, 0.6) is 0 Å². The van der Waals surface area contributed by atoms with Gasteiger partial charge in [-0.05, 0) is 42.5 Å². The van der Waals surface area contributed by atoms with E-state index >= 15 is 0 Å². The standard InChI is InChI=1S/C30H19ClN2/c31-26-19-21(32-27-15-7-4-12-22(27)23-13-5-8-16-28(23)32)18-25-24-14-6-9-17-29(24)33(30(25)26)20-10-2-1-3-11-20/h1-19H. The zero-order chi connectivity index (χ0) is 21.9. The Hall–Kier alpha value is -4.01. The Kier molecular flexibility index (Phi) is 3.93. The number of nitrogens with zero attached hydrogens (tertiary/aromatic N) is 2. The predicted octanol–water partition coefficient (Wildman–Crippen LogP) is 8.53. The quantitative estimate of drug-likeness (QED) is 0.254. The molecule has 2 aromatic heterocycles. The van der Waals surface area contributed by atoms with Crippen molar-refractivity contribution >= 4 is 55.2 Å². The zero-order valence-corrected chi connectivity index (χ0v) is 18.5. The Balaban J connectivity index is 1.63. The van der Waals surface area contributed by atoms with E-state index in [4.69, 9.17) is 11.6 Å². The predicted molar refractivity (Wildman–Crippen MR) is 140 cm³/mol. The molecule has 0 aliphatic heterocycles. The minimum atomic E-state index is 0.740. The van der Waals surface area contributed by atoms with E-state index in [0.29, 0.717) is 0 Å². The highest BCUT2D eigenvalue weighted by Crippen LogP contribution is 2.39. The normalized spacial score (nSPS) is 11.8. The first-order valence-electron chi connectivity index (χ1n) is 11.1. The lowest BCUT2D eigenvalue weighted by Crippen LogP contribution is -1.96. The van der Waals surface area contributed by atoms with Crippen LogP contribution in [0.15, 0.2) is 115 Å². The lowest BCUT2D eigenvalue weighted by atomic mass is 10.1. The Bertz CT molecular complexity index is 1770. The van der Waals surface area contributed by atoms with E-state index in [2.05, 4.69) is 118 Å². The number of fused-ring (bicyclic) bond motifs is 6. The Labute approximate surface area is 195 Å². The highest BCUT2D eigenvalue weighted by molar-refractivity contribution is 6.37. The third kappa shape index (κ3) is 2.62. The van der Waals surface area contributed by atoms with E-state index in [-0.39, 0.29) is 0 Å². The second kappa shape index (κ2) is 6.99. The maximum atomic E-state index is 7.07. The monoisotopic (exact) mass is 442 g/mol. The van der Waals surface area contributed by atoms with Crippen molar-refractivity contribution in [3.8, 4) is 11.4 Å². The minimum absolute atomic E-state index is 0.740. The van der Waals surface area contributed by atoms with Gasteiger partial charge in [0.2, 0.25) is 0 Å². The Morgan fingerprint density at radius 2 is 0.909 bits per heavy atom. The van der Waals surface area contributed by atoms with Crippen LogP contribution >= 0.6 is 11.6 Å². The fourth-order valence-corrected chi connectivity index (χ4v) is 5.51. The molecule has 0 aliphatic rings. The van der Waals surface area contributed by atoms with Gasteiger partial charge in [-0.25, -0.2) is 0 Å². The first-order chi connectivity index (χ1) is 16.3. The van der Waals surface area contributed by atoms with E-state index in [9.17, 15) is 0 Å². The molecular formula is C30H19ClN2. The number of benzene rings is 5. The van der Waals surface area contributed by atoms with Gasteiger partial charge in [-0.3, -0.25) is 0 Å². The van der Waals surface area contributed by atoms with E-state index in [1.54, 1.807) is 0 Å². The molecule has 33 heavy (non-hydrogen) atoms. The average molecular weight is 443 g/mol. The van der Waals surface area contributed by atoms with Crippen molar-refractivity contribution in [3.05, 3.63) is 120 Å². The Morgan fingerprint density at radius 1 is 0.424 bits per heavy atom. The summed E-state index contributed by atoms with van der Waals surface area (Å²) in [4.78, 5) is 0. The van der Waals surface area contributed by atoms with Crippen molar-refractivity contribution in [1.82, 2.24) is 9.13 Å². The summed E-state index contributed by atoms with van der Waals surface area (Å²) < 4.78 is 4.59. The first-order valence-corrected chi connectivity index (χ1v) is 11.5. The van der Waals surface area contributed by atoms with Crippen LogP contribution in [0.2, 0.25) is 5.02 Å². The summed E-state index contributed by atoms with van der Waals surface area (Å²) >= 11 is 7.07. The molecule has 3 heteroatoms. The Morgan fingerprint density at radius 3 is 1.52 bits per heavy atom. The minimum Gasteiger partial charge on any atom is -0.309 e. The number of para-hydroxylation sites is 4. The fraction of sp³-hybridized carbons (Fsp3) is 0. The van der Waals surface area contributed by atoms with Crippen LogP contribution in [0.4, 0.5) is 0 Å². The van der Waals surface area contributed by atoms with Crippen molar-refractivity contribution in [2.45, 2.75) is 0 Å². The van der Waals surface area contributed by atoms with Gasteiger partial charge in [-0.15, -0.1) is 0 Å². The van der Waals surface area contributed by atoms with Gasteiger partial charge in [0.15, 0.2) is 0 Å². The molecule has 0 radical (unpaired) electrons. The van der Waals surface area contributed by atoms with Crippen LogP contribution in [0, 0.1) is 0 Å². The molecule has 0 bridgehead atoms. The maximum Gasteiger partial charge on any atom is 0.0728 e. The van der Waals surface area contributed by atoms with E-state index in [1.165, 1.54) is 27.2 Å². The molecule has 0 aliphatic carbocycles. The summed E-state index contributed by atoms with van der Waals surface area (Å²) in [5.41, 5.74) is 6.73. The lowest BCUT2D eigenvalue weighted by Gasteiger charge is -2.12. The first kappa shape index (κ1) is 18.6. The highest BCUT2D eigenvalue weighted by atomic mass is 35.5. The summed E-state index contributed by atoms with van der Waals surface area (Å²) in [6, 6.07) is 40.5. The molecule has 7 aromatic rings. The van der Waals surface area contributed by atoms with E-state index in [1.807, 2.05) is 6.07 Å². The van der Waals surface area contributed by atoms with Gasteiger partial charge >= 0.3 is 0 Å². The van der Waals surface area contributed by atoms with Crippen LogP contribution in [0.1, 0.15) is 0 Å². The third-order valence-corrected chi connectivity index (χ3v) is 6.85. The summed E-state index contributed by atoms with van der Waals surface area (Å²) in [5.74, 6) is 0. The molecule has 0 amide bonds. The molecule has 2 heterocycles. The van der Waals surface area contributed by atoms with Crippen LogP contribution in [-0.2, 0) is 0 Å². The molecule has 0 spiro atoms. The molecule has 0 atom stereocenters. The molecule has 5 aromatic carbocycles. The molecule has 7 rings (SSSR count). The topological polar surface area (TPSA) is 9.86 Å². The van der Waals surface area contributed by atoms with Crippen LogP contribution in [0.25, 0.3) is 55.0 Å². The maximum absolute atomic E-state index is 7.07. The molecule has 0 fully saturated rings. The van der Waals surface area contributed by atoms with Gasteiger partial charge in [-0.2, -0.15) is 0 Å². The molecule has 2 nitrogen and oxygen atoms in total. The number of aromatic nitrogens is 2. The number of hydrogen-bond acceptors (Lipinski definition) is 0. The van der Waals surface area contributed by atoms with Gasteiger partial charge in [-0.1, -0.05) is 84.4 Å². The summed E-state index contributed by atoms with van der Waals surface area (Å²) in [6.45, 7) is 0. The lowest BCUT2D eigenvalue weighted by molar-refractivity contribution is 1.17. The zero-order valence-electron chi connectivity index (χ0n) is 17.7. The van der Waals surface area contributed by atoms with Crippen molar-refractivity contribution in [2.75, 3.05) is 0 Å². The van der Waals surface area contributed by atoms with Crippen molar-refractivity contribution < 1.29 is 0 Å². The summed E-state index contributed by atoms with van der Waals surface area (Å²) in [5, 5.41) is 5.58. The number of halogens is 1. The van der Waals surface area contributed by atoms with Crippen LogP contribution in [-0.4, -0.2) is 9.13 Å². The van der Waals surface area contributed by atoms with E-state index < -0.39 is 0 Å². The summed E-state index contributed by atoms with van der Waals surface area (Å²) in [7, 11) is 0. The van der Waals surface area contributed by atoms with Gasteiger partial charge in [0.05, 0.1) is 27.1 Å². The molecule has 0 saturated carbocycles. The molecule has 0 N–H and O–H groups in total. The average Bonchev–Trinajstić information content (AvgIpc) is 3.38. The SMILES string of the molecule is Clc1cc(-n2c3ccccc3c3ccccc32)cc2c3ccccc3n(-c3ccccc3)c12. The molecular weight excluding hydrogens is 424 g/mol. The van der Waals surface area contributed by atoms with Gasteiger partial charge in [0.25, 0.3) is 0 Å². The number of rotatable bonds is 2. The van der Waals surface area contributed by atoms with E-state index in [0.717, 1.165) is 32.8 Å². The van der Waals surface area contributed by atoms with Crippen molar-refractivity contribution in [3.63, 3.8) is 0 Å². The van der Waals surface area contributed by atoms with Crippen LogP contribution < -0.4 is 0 Å². The smallest absolute Gasteiger partial charge is 0.0728 e. The largest absolute Gasteiger partial charge is 0.309 e. The molecule has 156 valence electrons. The van der Waals surface area contributed by atoms with Gasteiger partial charge in [0, 0.05) is 32.9 Å². The van der Waals surface area contributed by atoms with Gasteiger partial charge in [0.1, 0.15) is 0 Å². The third-order valence-electron chi connectivity index (χ3n) is 6.56. The van der Waals surface area contributed by atoms with Gasteiger partial charge < -0.3 is 9.13 Å². The second-order valence-electron chi connectivity index (χ2n) is 8.38.